The molecule has 0 fully saturated rings. The highest BCUT2D eigenvalue weighted by molar-refractivity contribution is 6.07. The number of hydrogen-bond donors (Lipinski definition) is 2. The van der Waals surface area contributed by atoms with Crippen LogP contribution in [0.5, 0.6) is 5.75 Å². The summed E-state index contributed by atoms with van der Waals surface area (Å²) in [6.45, 7) is 4.16. The molecular weight excluding hydrogens is 358 g/mol. The summed E-state index contributed by atoms with van der Waals surface area (Å²) in [4.78, 5) is 38.3. The summed E-state index contributed by atoms with van der Waals surface area (Å²) in [5.41, 5.74) is 2.42. The predicted molar refractivity (Wildman–Crippen MR) is 107 cm³/mol. The van der Waals surface area contributed by atoms with Gasteiger partial charge in [-0.15, -0.1) is 0 Å². The summed E-state index contributed by atoms with van der Waals surface area (Å²) in [6.07, 6.45) is 0.814. The second-order valence-corrected chi connectivity index (χ2v) is 6.57. The second kappa shape index (κ2) is 8.56. The Morgan fingerprint density at radius 2 is 1.96 bits per heavy atom. The first-order valence-electron chi connectivity index (χ1n) is 9.20. The molecule has 2 aromatic carbocycles. The van der Waals surface area contributed by atoms with E-state index in [9.17, 15) is 14.4 Å². The van der Waals surface area contributed by atoms with Crippen LogP contribution in [0.1, 0.15) is 29.3 Å². The summed E-state index contributed by atoms with van der Waals surface area (Å²) < 4.78 is 5.46. The van der Waals surface area contributed by atoms with Crippen LogP contribution in [0.3, 0.4) is 0 Å². The number of amides is 3. The molecule has 0 aliphatic carbocycles. The summed E-state index contributed by atoms with van der Waals surface area (Å²) >= 11 is 0. The summed E-state index contributed by atoms with van der Waals surface area (Å²) in [5.74, 6) is -0.288. The highest BCUT2D eigenvalue weighted by atomic mass is 16.5. The number of ether oxygens (including phenoxy) is 1. The van der Waals surface area contributed by atoms with Crippen molar-refractivity contribution in [2.24, 2.45) is 0 Å². The monoisotopic (exact) mass is 381 g/mol. The van der Waals surface area contributed by atoms with E-state index >= 15 is 0 Å². The first-order valence-corrected chi connectivity index (χ1v) is 9.20. The summed E-state index contributed by atoms with van der Waals surface area (Å²) in [6, 6.07) is 12.3. The van der Waals surface area contributed by atoms with Crippen LogP contribution in [0.15, 0.2) is 42.5 Å². The Kier molecular flexibility index (Phi) is 5.93. The Morgan fingerprint density at radius 3 is 2.71 bits per heavy atom. The lowest BCUT2D eigenvalue weighted by molar-refractivity contribution is -0.125. The Balaban J connectivity index is 1.81. The summed E-state index contributed by atoms with van der Waals surface area (Å²) in [7, 11) is 0. The van der Waals surface area contributed by atoms with Gasteiger partial charge in [-0.05, 0) is 43.2 Å². The van der Waals surface area contributed by atoms with Gasteiger partial charge in [-0.1, -0.05) is 25.1 Å². The molecule has 3 amide bonds. The van der Waals surface area contributed by atoms with Crippen molar-refractivity contribution in [3.8, 4) is 5.75 Å². The average molecular weight is 381 g/mol. The first kappa shape index (κ1) is 19.4. The van der Waals surface area contributed by atoms with Gasteiger partial charge in [-0.25, -0.2) is 0 Å². The standard InChI is InChI=1S/C21H23N3O4/c1-3-10-22-19(25)12-24-17-11-15(8-9-18(17)28-13-20(24)26)23-21(27)16-7-5-4-6-14(16)2/h4-9,11H,3,10,12-13H2,1-2H3,(H,22,25)(H,23,27). The molecule has 0 saturated carbocycles. The van der Waals surface area contributed by atoms with Gasteiger partial charge in [0.05, 0.1) is 5.69 Å². The van der Waals surface area contributed by atoms with Crippen molar-refractivity contribution in [1.82, 2.24) is 5.32 Å². The van der Waals surface area contributed by atoms with Gasteiger partial charge in [0.15, 0.2) is 6.61 Å². The maximum absolute atomic E-state index is 12.6. The minimum Gasteiger partial charge on any atom is -0.482 e. The van der Waals surface area contributed by atoms with Crippen LogP contribution >= 0.6 is 0 Å². The molecule has 1 aliphatic heterocycles. The number of anilines is 2. The van der Waals surface area contributed by atoms with E-state index in [4.69, 9.17) is 4.74 Å². The van der Waals surface area contributed by atoms with Crippen molar-refractivity contribution in [2.75, 3.05) is 29.9 Å². The largest absolute Gasteiger partial charge is 0.482 e. The number of benzene rings is 2. The normalized spacial score (nSPS) is 12.8. The quantitative estimate of drug-likeness (QED) is 0.805. The van der Waals surface area contributed by atoms with Crippen molar-refractivity contribution >= 4 is 29.1 Å². The molecule has 1 aliphatic rings. The van der Waals surface area contributed by atoms with Gasteiger partial charge in [0.25, 0.3) is 11.8 Å². The van der Waals surface area contributed by atoms with Crippen LogP contribution in [0.2, 0.25) is 0 Å². The fraction of sp³-hybridized carbons (Fsp3) is 0.286. The van der Waals surface area contributed by atoms with Crippen molar-refractivity contribution in [3.63, 3.8) is 0 Å². The number of carbonyl (C=O) groups excluding carboxylic acids is 3. The van der Waals surface area contributed by atoms with E-state index in [0.717, 1.165) is 12.0 Å². The Labute approximate surface area is 163 Å². The highest BCUT2D eigenvalue weighted by Crippen LogP contribution is 2.34. The first-order chi connectivity index (χ1) is 13.5. The van der Waals surface area contributed by atoms with Crippen LogP contribution in [0.25, 0.3) is 0 Å². The van der Waals surface area contributed by atoms with Crippen molar-refractivity contribution in [3.05, 3.63) is 53.6 Å². The van der Waals surface area contributed by atoms with E-state index in [1.165, 1.54) is 4.90 Å². The van der Waals surface area contributed by atoms with Crippen LogP contribution in [0, 0.1) is 6.92 Å². The van der Waals surface area contributed by atoms with E-state index in [0.29, 0.717) is 29.2 Å². The van der Waals surface area contributed by atoms with Crippen LogP contribution < -0.4 is 20.3 Å². The molecule has 146 valence electrons. The molecular formula is C21H23N3O4. The molecule has 7 nitrogen and oxygen atoms in total. The molecule has 28 heavy (non-hydrogen) atoms. The molecule has 0 unspecified atom stereocenters. The van der Waals surface area contributed by atoms with Gasteiger partial charge in [0.1, 0.15) is 12.3 Å². The molecule has 0 aromatic heterocycles. The maximum Gasteiger partial charge on any atom is 0.265 e. The fourth-order valence-electron chi connectivity index (χ4n) is 2.94. The van der Waals surface area contributed by atoms with E-state index in [1.807, 2.05) is 26.0 Å². The van der Waals surface area contributed by atoms with Gasteiger partial charge < -0.3 is 15.4 Å². The molecule has 0 atom stereocenters. The lowest BCUT2D eigenvalue weighted by atomic mass is 10.1. The molecule has 7 heteroatoms. The topological polar surface area (TPSA) is 87.7 Å². The number of rotatable bonds is 6. The molecule has 1 heterocycles. The maximum atomic E-state index is 12.6. The molecule has 2 aromatic rings. The number of aryl methyl sites for hydroxylation is 1. The number of nitrogens with one attached hydrogen (secondary N) is 2. The molecule has 0 spiro atoms. The Bertz CT molecular complexity index is 910. The third-order valence-corrected chi connectivity index (χ3v) is 4.42. The minimum absolute atomic E-state index is 0.0929. The van der Waals surface area contributed by atoms with E-state index < -0.39 is 0 Å². The van der Waals surface area contributed by atoms with Gasteiger partial charge in [-0.2, -0.15) is 0 Å². The van der Waals surface area contributed by atoms with Gasteiger partial charge in [-0.3, -0.25) is 19.3 Å². The molecule has 0 saturated heterocycles. The summed E-state index contributed by atoms with van der Waals surface area (Å²) in [5, 5.41) is 5.60. The number of hydrogen-bond acceptors (Lipinski definition) is 4. The lowest BCUT2D eigenvalue weighted by Gasteiger charge is -2.29. The predicted octanol–water partition coefficient (Wildman–Crippen LogP) is 2.50. The molecule has 3 rings (SSSR count). The van der Waals surface area contributed by atoms with E-state index in [1.54, 1.807) is 30.3 Å². The third kappa shape index (κ3) is 4.31. The zero-order valence-electron chi connectivity index (χ0n) is 16.0. The number of nitrogens with zero attached hydrogens (tertiary/aromatic N) is 1. The number of fused-ring (bicyclic) bond motifs is 1. The van der Waals surface area contributed by atoms with Crippen molar-refractivity contribution < 1.29 is 19.1 Å². The average Bonchev–Trinajstić information content (AvgIpc) is 2.69. The molecule has 0 radical (unpaired) electrons. The van der Waals surface area contributed by atoms with Crippen LogP contribution in [0.4, 0.5) is 11.4 Å². The number of carbonyl (C=O) groups is 3. The van der Waals surface area contributed by atoms with Gasteiger partial charge in [0.2, 0.25) is 5.91 Å². The van der Waals surface area contributed by atoms with Crippen molar-refractivity contribution in [2.45, 2.75) is 20.3 Å². The SMILES string of the molecule is CCCNC(=O)CN1C(=O)COc2ccc(NC(=O)c3ccccc3C)cc21. The van der Waals surface area contributed by atoms with Crippen LogP contribution in [-0.2, 0) is 9.59 Å². The van der Waals surface area contributed by atoms with E-state index in [2.05, 4.69) is 10.6 Å². The van der Waals surface area contributed by atoms with Gasteiger partial charge in [0, 0.05) is 17.8 Å². The zero-order chi connectivity index (χ0) is 20.1. The second-order valence-electron chi connectivity index (χ2n) is 6.57. The third-order valence-electron chi connectivity index (χ3n) is 4.42. The van der Waals surface area contributed by atoms with Crippen LogP contribution in [-0.4, -0.2) is 37.4 Å². The molecule has 2 N–H and O–H groups in total. The smallest absolute Gasteiger partial charge is 0.265 e. The Morgan fingerprint density at radius 1 is 1.18 bits per heavy atom. The highest BCUT2D eigenvalue weighted by Gasteiger charge is 2.27. The zero-order valence-corrected chi connectivity index (χ0v) is 16.0. The van der Waals surface area contributed by atoms with Crippen molar-refractivity contribution in [1.29, 1.82) is 0 Å². The lowest BCUT2D eigenvalue weighted by Crippen LogP contribution is -2.45. The fourth-order valence-corrected chi connectivity index (χ4v) is 2.94. The van der Waals surface area contributed by atoms with E-state index in [-0.39, 0.29) is 30.9 Å². The Hall–Kier alpha value is -3.35. The van der Waals surface area contributed by atoms with Gasteiger partial charge >= 0.3 is 0 Å². The molecule has 0 bridgehead atoms. The minimum atomic E-state index is -0.304.